The highest BCUT2D eigenvalue weighted by atomic mass is 35.5. The number of hydrogen-bond acceptors (Lipinski definition) is 4. The van der Waals surface area contributed by atoms with Gasteiger partial charge in [-0.2, -0.15) is 0 Å². The number of nitro groups is 1. The molecule has 0 saturated heterocycles. The van der Waals surface area contributed by atoms with Crippen molar-refractivity contribution in [3.63, 3.8) is 0 Å². The molecule has 0 aliphatic heterocycles. The fraction of sp³-hybridized carbons (Fsp3) is 0.600. The number of nitrogens with zero attached hydrogens (tertiary/aromatic N) is 2. The van der Waals surface area contributed by atoms with E-state index >= 15 is 0 Å². The van der Waals surface area contributed by atoms with Crippen LogP contribution in [-0.2, 0) is 6.54 Å². The van der Waals surface area contributed by atoms with Crippen LogP contribution in [0.1, 0.15) is 31.2 Å². The summed E-state index contributed by atoms with van der Waals surface area (Å²) in [5.41, 5.74) is 0.723. The van der Waals surface area contributed by atoms with Gasteiger partial charge in [0.15, 0.2) is 0 Å². The standard InChI is InChI=1S/C15H22ClN3O2/c1-17-11-6-8-12(9-7-11)18(2)10-13-14(16)4-3-5-15(13)19(20)21/h3-5,11-12,17H,6-10H2,1-2H3. The number of hydrogen-bond donors (Lipinski definition) is 1. The molecule has 0 atom stereocenters. The van der Waals surface area contributed by atoms with Gasteiger partial charge in [0.05, 0.1) is 15.5 Å². The maximum Gasteiger partial charge on any atom is 0.275 e. The Morgan fingerprint density at radius 1 is 1.38 bits per heavy atom. The minimum atomic E-state index is -0.354. The van der Waals surface area contributed by atoms with E-state index in [4.69, 9.17) is 11.6 Å². The van der Waals surface area contributed by atoms with Crippen LogP contribution in [0.25, 0.3) is 0 Å². The third-order valence-corrected chi connectivity index (χ3v) is 4.78. The van der Waals surface area contributed by atoms with E-state index in [9.17, 15) is 10.1 Å². The maximum absolute atomic E-state index is 11.1. The van der Waals surface area contributed by atoms with Crippen LogP contribution in [0.5, 0.6) is 0 Å². The van der Waals surface area contributed by atoms with Crippen molar-refractivity contribution in [3.8, 4) is 0 Å². The van der Waals surface area contributed by atoms with Crippen molar-refractivity contribution in [2.45, 2.75) is 44.3 Å². The van der Waals surface area contributed by atoms with E-state index in [1.54, 1.807) is 12.1 Å². The van der Waals surface area contributed by atoms with E-state index in [1.165, 1.54) is 6.07 Å². The number of nitro benzene ring substituents is 1. The van der Waals surface area contributed by atoms with Gasteiger partial charge < -0.3 is 5.32 Å². The molecule has 0 amide bonds. The first kappa shape index (κ1) is 16.2. The van der Waals surface area contributed by atoms with E-state index in [0.717, 1.165) is 25.7 Å². The van der Waals surface area contributed by atoms with Gasteiger partial charge in [0.2, 0.25) is 0 Å². The molecule has 1 N–H and O–H groups in total. The summed E-state index contributed by atoms with van der Waals surface area (Å²) >= 11 is 6.16. The van der Waals surface area contributed by atoms with Crippen LogP contribution in [0.15, 0.2) is 18.2 Å². The summed E-state index contributed by atoms with van der Waals surface area (Å²) in [5, 5.41) is 14.9. The van der Waals surface area contributed by atoms with Gasteiger partial charge in [-0.15, -0.1) is 0 Å². The van der Waals surface area contributed by atoms with Crippen molar-refractivity contribution >= 4 is 17.3 Å². The normalized spacial score (nSPS) is 22.5. The smallest absolute Gasteiger partial charge is 0.275 e. The first-order valence-electron chi connectivity index (χ1n) is 7.32. The molecule has 1 aliphatic rings. The Balaban J connectivity index is 2.06. The number of benzene rings is 1. The van der Waals surface area contributed by atoms with Crippen molar-refractivity contribution in [2.24, 2.45) is 0 Å². The highest BCUT2D eigenvalue weighted by molar-refractivity contribution is 6.31. The van der Waals surface area contributed by atoms with Crippen LogP contribution >= 0.6 is 11.6 Å². The van der Waals surface area contributed by atoms with E-state index in [1.807, 2.05) is 14.1 Å². The monoisotopic (exact) mass is 311 g/mol. The van der Waals surface area contributed by atoms with Crippen LogP contribution < -0.4 is 5.32 Å². The van der Waals surface area contributed by atoms with Gasteiger partial charge in [-0.1, -0.05) is 17.7 Å². The minimum Gasteiger partial charge on any atom is -0.317 e. The van der Waals surface area contributed by atoms with Crippen molar-refractivity contribution < 1.29 is 4.92 Å². The molecule has 2 rings (SSSR count). The first-order valence-corrected chi connectivity index (χ1v) is 7.70. The van der Waals surface area contributed by atoms with Crippen molar-refractivity contribution in [3.05, 3.63) is 38.9 Å². The van der Waals surface area contributed by atoms with Gasteiger partial charge in [-0.25, -0.2) is 0 Å². The minimum absolute atomic E-state index is 0.110. The lowest BCUT2D eigenvalue weighted by atomic mass is 9.90. The number of rotatable bonds is 5. The van der Waals surface area contributed by atoms with Crippen molar-refractivity contribution in [1.82, 2.24) is 10.2 Å². The van der Waals surface area contributed by atoms with Crippen LogP contribution in [0, 0.1) is 10.1 Å². The third-order valence-electron chi connectivity index (χ3n) is 4.43. The number of nitrogens with one attached hydrogen (secondary N) is 1. The molecule has 1 fully saturated rings. The van der Waals surface area contributed by atoms with Crippen molar-refractivity contribution in [1.29, 1.82) is 0 Å². The number of halogens is 1. The van der Waals surface area contributed by atoms with Gasteiger partial charge in [-0.3, -0.25) is 15.0 Å². The second kappa shape index (κ2) is 7.20. The van der Waals surface area contributed by atoms with Gasteiger partial charge in [0.1, 0.15) is 0 Å². The van der Waals surface area contributed by atoms with Gasteiger partial charge >= 0.3 is 0 Å². The zero-order chi connectivity index (χ0) is 15.4. The Hall–Kier alpha value is -1.17. The molecule has 21 heavy (non-hydrogen) atoms. The predicted molar refractivity (Wildman–Crippen MR) is 84.7 cm³/mol. The Bertz CT molecular complexity index is 502. The van der Waals surface area contributed by atoms with Crippen LogP contribution in [0.2, 0.25) is 5.02 Å². The molecule has 5 nitrogen and oxygen atoms in total. The lowest BCUT2D eigenvalue weighted by molar-refractivity contribution is -0.385. The van der Waals surface area contributed by atoms with E-state index in [2.05, 4.69) is 10.2 Å². The molecule has 0 aromatic heterocycles. The lowest BCUT2D eigenvalue weighted by Crippen LogP contribution is -2.39. The molecular weight excluding hydrogens is 290 g/mol. The Morgan fingerprint density at radius 3 is 2.62 bits per heavy atom. The Kier molecular flexibility index (Phi) is 5.56. The average molecular weight is 312 g/mol. The molecule has 1 aliphatic carbocycles. The molecule has 116 valence electrons. The van der Waals surface area contributed by atoms with Gasteiger partial charge in [-0.05, 0) is 45.8 Å². The summed E-state index contributed by atoms with van der Waals surface area (Å²) in [6.07, 6.45) is 4.52. The fourth-order valence-electron chi connectivity index (χ4n) is 3.06. The van der Waals surface area contributed by atoms with Crippen LogP contribution in [-0.4, -0.2) is 36.0 Å². The summed E-state index contributed by atoms with van der Waals surface area (Å²) in [5.74, 6) is 0. The lowest BCUT2D eigenvalue weighted by Gasteiger charge is -2.34. The largest absolute Gasteiger partial charge is 0.317 e. The molecule has 0 bridgehead atoms. The second-order valence-electron chi connectivity index (χ2n) is 5.70. The second-order valence-corrected chi connectivity index (χ2v) is 6.11. The van der Waals surface area contributed by atoms with Crippen molar-refractivity contribution in [2.75, 3.05) is 14.1 Å². The van der Waals surface area contributed by atoms with Gasteiger partial charge in [0.25, 0.3) is 5.69 Å². The molecule has 1 aromatic rings. The van der Waals surface area contributed by atoms with Crippen LogP contribution in [0.3, 0.4) is 0 Å². The van der Waals surface area contributed by atoms with Gasteiger partial charge in [0, 0.05) is 24.7 Å². The molecule has 0 unspecified atom stereocenters. The summed E-state index contributed by atoms with van der Waals surface area (Å²) in [7, 11) is 4.03. The molecule has 0 heterocycles. The Morgan fingerprint density at radius 2 is 2.05 bits per heavy atom. The molecule has 0 radical (unpaired) electrons. The molecule has 1 aromatic carbocycles. The Labute approximate surface area is 130 Å². The molecule has 0 spiro atoms. The predicted octanol–water partition coefficient (Wildman–Crippen LogP) is 3.21. The quantitative estimate of drug-likeness (QED) is 0.670. The summed E-state index contributed by atoms with van der Waals surface area (Å²) in [4.78, 5) is 13.0. The highest BCUT2D eigenvalue weighted by Gasteiger charge is 2.25. The van der Waals surface area contributed by atoms with Crippen LogP contribution in [0.4, 0.5) is 5.69 Å². The van der Waals surface area contributed by atoms with E-state index < -0.39 is 0 Å². The highest BCUT2D eigenvalue weighted by Crippen LogP contribution is 2.30. The third kappa shape index (κ3) is 3.93. The SMILES string of the molecule is CNC1CCC(N(C)Cc2c(Cl)cccc2[N+](=O)[O-])CC1. The average Bonchev–Trinajstić information content (AvgIpc) is 2.49. The zero-order valence-electron chi connectivity index (χ0n) is 12.5. The molecular formula is C15H22ClN3O2. The van der Waals surface area contributed by atoms with E-state index in [-0.39, 0.29) is 10.6 Å². The fourth-order valence-corrected chi connectivity index (χ4v) is 3.29. The first-order chi connectivity index (χ1) is 10.0. The molecule has 1 saturated carbocycles. The molecule has 6 heteroatoms. The van der Waals surface area contributed by atoms with E-state index in [0.29, 0.717) is 29.2 Å². The maximum atomic E-state index is 11.1. The summed E-state index contributed by atoms with van der Waals surface area (Å²) in [6, 6.07) is 5.93. The summed E-state index contributed by atoms with van der Waals surface area (Å²) < 4.78 is 0. The topological polar surface area (TPSA) is 58.4 Å². The zero-order valence-corrected chi connectivity index (χ0v) is 13.3. The summed E-state index contributed by atoms with van der Waals surface area (Å²) in [6.45, 7) is 0.519.